The summed E-state index contributed by atoms with van der Waals surface area (Å²) in [6, 6.07) is 0. The van der Waals surface area contributed by atoms with E-state index in [0.29, 0.717) is 18.1 Å². The van der Waals surface area contributed by atoms with E-state index in [-0.39, 0.29) is 28.3 Å². The quantitative estimate of drug-likeness (QED) is 0.415. The Morgan fingerprint density at radius 1 is 1.25 bits per heavy atom. The number of hydrogen-bond donors (Lipinski definition) is 0. The molecule has 0 unspecified atom stereocenters. The molecule has 3 nitrogen and oxygen atoms in total. The Kier molecular flexibility index (Phi) is 3.57. The molecule has 0 aromatic carbocycles. The van der Waals surface area contributed by atoms with Crippen LogP contribution in [0.5, 0.6) is 0 Å². The van der Waals surface area contributed by atoms with Crippen molar-refractivity contribution in [2.24, 2.45) is 11.3 Å². The van der Waals surface area contributed by atoms with Crippen LogP contribution in [-0.2, 0) is 14.0 Å². The van der Waals surface area contributed by atoms with Crippen LogP contribution in [0.4, 0.5) is 0 Å². The monoisotopic (exact) mass is 348 g/mol. The first kappa shape index (κ1) is 17.0. The number of hydrogen-bond acceptors (Lipinski definition) is 3. The van der Waals surface area contributed by atoms with Crippen molar-refractivity contribution < 1.29 is 14.0 Å². The summed E-state index contributed by atoms with van der Waals surface area (Å²) in [5, 5.41) is 0.207. The van der Waals surface area contributed by atoms with Crippen LogP contribution < -0.4 is 0 Å². The topological polar surface area (TPSA) is 38.8 Å². The highest BCUT2D eigenvalue weighted by Crippen LogP contribution is 2.68. The van der Waals surface area contributed by atoms with E-state index in [4.69, 9.17) is 9.16 Å². The lowest BCUT2D eigenvalue weighted by atomic mass is 9.54. The van der Waals surface area contributed by atoms with E-state index in [1.54, 1.807) is 0 Å². The van der Waals surface area contributed by atoms with E-state index >= 15 is 0 Å². The molecule has 134 valence electrons. The number of allylic oxidation sites excluding steroid dienone is 2. The smallest absolute Gasteiger partial charge is 0.192 e. The standard InChI is InChI=1S/C20H32O3Si/c1-18(2,3)24(4,5)23-16-14-8-6-7-11-19(16)12-10-15(21)17-20(19,22-17)13-9-14/h6-7,14,16-17H,8-13H2,1-5H3/t14-,16-,17+,19+,20+/m0/s1. The van der Waals surface area contributed by atoms with E-state index in [0.717, 1.165) is 32.1 Å². The zero-order valence-corrected chi connectivity index (χ0v) is 16.9. The summed E-state index contributed by atoms with van der Waals surface area (Å²) in [5.41, 5.74) is -0.183. The number of ketones is 1. The molecule has 2 spiro atoms. The lowest BCUT2D eigenvalue weighted by molar-refractivity contribution is -0.128. The fourth-order valence-corrected chi connectivity index (χ4v) is 6.70. The highest BCUT2D eigenvalue weighted by molar-refractivity contribution is 6.74. The molecule has 4 heteroatoms. The number of epoxide rings is 1. The molecule has 0 amide bonds. The van der Waals surface area contributed by atoms with Crippen LogP contribution in [0.25, 0.3) is 0 Å². The molecular weight excluding hydrogens is 316 g/mol. The average molecular weight is 349 g/mol. The molecule has 0 radical (unpaired) electrons. The lowest BCUT2D eigenvalue weighted by Gasteiger charge is -2.55. The summed E-state index contributed by atoms with van der Waals surface area (Å²) in [4.78, 5) is 12.3. The molecule has 5 atom stereocenters. The molecule has 2 bridgehead atoms. The van der Waals surface area contributed by atoms with Crippen molar-refractivity contribution in [2.45, 2.75) is 95.2 Å². The first-order chi connectivity index (χ1) is 11.1. The van der Waals surface area contributed by atoms with Crippen molar-refractivity contribution in [3.05, 3.63) is 12.2 Å². The molecule has 3 aliphatic carbocycles. The minimum absolute atomic E-state index is 0.0248. The molecule has 0 aromatic rings. The minimum atomic E-state index is -1.86. The van der Waals surface area contributed by atoms with Gasteiger partial charge in [0.1, 0.15) is 11.7 Å². The molecule has 1 aliphatic heterocycles. The van der Waals surface area contributed by atoms with Gasteiger partial charge in [0, 0.05) is 11.8 Å². The van der Waals surface area contributed by atoms with Gasteiger partial charge in [0.25, 0.3) is 0 Å². The van der Waals surface area contributed by atoms with Crippen LogP contribution in [0.1, 0.15) is 59.3 Å². The predicted molar refractivity (Wildman–Crippen MR) is 97.4 cm³/mol. The van der Waals surface area contributed by atoms with Crippen LogP contribution in [-0.4, -0.2) is 31.9 Å². The highest BCUT2D eigenvalue weighted by atomic mass is 28.4. The fraction of sp³-hybridized carbons (Fsp3) is 0.850. The highest BCUT2D eigenvalue weighted by Gasteiger charge is 2.77. The van der Waals surface area contributed by atoms with Gasteiger partial charge in [0.15, 0.2) is 14.1 Å². The Morgan fingerprint density at radius 3 is 2.71 bits per heavy atom. The van der Waals surface area contributed by atoms with Crippen LogP contribution in [0.3, 0.4) is 0 Å². The predicted octanol–water partition coefficient (Wildman–Crippen LogP) is 4.62. The molecule has 1 heterocycles. The van der Waals surface area contributed by atoms with Gasteiger partial charge in [-0.1, -0.05) is 32.9 Å². The number of carbonyl (C=O) groups is 1. The van der Waals surface area contributed by atoms with Crippen molar-refractivity contribution in [1.82, 2.24) is 0 Å². The van der Waals surface area contributed by atoms with Crippen molar-refractivity contribution in [1.29, 1.82) is 0 Å². The van der Waals surface area contributed by atoms with E-state index in [2.05, 4.69) is 46.0 Å². The summed E-state index contributed by atoms with van der Waals surface area (Å²) in [6.07, 6.45) is 10.8. The second kappa shape index (κ2) is 5.05. The number of Topliss-reactive ketones (excluding diaryl/α,β-unsaturated/α-hetero) is 1. The van der Waals surface area contributed by atoms with Gasteiger partial charge >= 0.3 is 0 Å². The molecule has 24 heavy (non-hydrogen) atoms. The largest absolute Gasteiger partial charge is 0.413 e. The van der Waals surface area contributed by atoms with Gasteiger partial charge in [0.05, 0.1) is 6.10 Å². The van der Waals surface area contributed by atoms with Crippen molar-refractivity contribution >= 4 is 14.1 Å². The van der Waals surface area contributed by atoms with Crippen molar-refractivity contribution in [3.8, 4) is 0 Å². The maximum Gasteiger partial charge on any atom is 0.192 e. The van der Waals surface area contributed by atoms with E-state index in [1.807, 2.05) is 0 Å². The Morgan fingerprint density at radius 2 is 2.00 bits per heavy atom. The Hall–Kier alpha value is -0.453. The summed E-state index contributed by atoms with van der Waals surface area (Å²) < 4.78 is 13.3. The van der Waals surface area contributed by atoms with Gasteiger partial charge in [-0.3, -0.25) is 4.79 Å². The maximum atomic E-state index is 12.3. The first-order valence-electron chi connectivity index (χ1n) is 9.66. The van der Waals surface area contributed by atoms with Gasteiger partial charge in [-0.25, -0.2) is 0 Å². The summed E-state index contributed by atoms with van der Waals surface area (Å²) in [6.45, 7) is 11.7. The van der Waals surface area contributed by atoms with Gasteiger partial charge in [-0.15, -0.1) is 0 Å². The summed E-state index contributed by atoms with van der Waals surface area (Å²) in [5.74, 6) is 0.917. The van der Waals surface area contributed by atoms with Crippen LogP contribution in [0.15, 0.2) is 12.2 Å². The van der Waals surface area contributed by atoms with E-state index in [9.17, 15) is 4.79 Å². The summed E-state index contributed by atoms with van der Waals surface area (Å²) >= 11 is 0. The van der Waals surface area contributed by atoms with Gasteiger partial charge in [0.2, 0.25) is 0 Å². The Labute approximate surface area is 147 Å². The third kappa shape index (κ3) is 2.12. The molecular formula is C20H32O3Si. The SMILES string of the molecule is CC(C)(C)[Si](C)(C)O[C@H]1[C@H]2CC=CC[C@@]13CCC(=O)[C@H]1O[C@]13CC2. The second-order valence-electron chi connectivity index (χ2n) is 10.0. The lowest BCUT2D eigenvalue weighted by Crippen LogP contribution is -2.61. The number of fused-ring (bicyclic) bond motifs is 1. The van der Waals surface area contributed by atoms with Crippen molar-refractivity contribution in [3.63, 3.8) is 0 Å². The molecule has 3 fully saturated rings. The average Bonchev–Trinajstić information content (AvgIpc) is 3.22. The van der Waals surface area contributed by atoms with Crippen LogP contribution >= 0.6 is 0 Å². The zero-order chi connectivity index (χ0) is 17.4. The molecule has 1 saturated heterocycles. The zero-order valence-electron chi connectivity index (χ0n) is 15.9. The Balaban J connectivity index is 1.74. The second-order valence-corrected chi connectivity index (χ2v) is 14.8. The molecule has 4 rings (SSSR count). The number of rotatable bonds is 2. The number of carbonyl (C=O) groups excluding carboxylic acids is 1. The Bertz CT molecular complexity index is 590. The summed E-state index contributed by atoms with van der Waals surface area (Å²) in [7, 11) is -1.86. The molecule has 4 aliphatic rings. The number of ether oxygens (including phenoxy) is 1. The minimum Gasteiger partial charge on any atom is -0.413 e. The van der Waals surface area contributed by atoms with Gasteiger partial charge in [-0.2, -0.15) is 0 Å². The molecule has 2 saturated carbocycles. The molecule has 0 aromatic heterocycles. The molecule has 0 N–H and O–H groups in total. The third-order valence-corrected chi connectivity index (χ3v) is 12.3. The first-order valence-corrected chi connectivity index (χ1v) is 12.6. The fourth-order valence-electron chi connectivity index (χ4n) is 5.29. The normalized spacial score (nSPS) is 44.5. The van der Waals surface area contributed by atoms with Gasteiger partial charge in [-0.05, 0) is 56.2 Å². The third-order valence-electron chi connectivity index (χ3n) is 7.82. The van der Waals surface area contributed by atoms with E-state index < -0.39 is 8.32 Å². The van der Waals surface area contributed by atoms with Gasteiger partial charge < -0.3 is 9.16 Å². The van der Waals surface area contributed by atoms with Crippen LogP contribution in [0.2, 0.25) is 18.1 Å². The van der Waals surface area contributed by atoms with E-state index in [1.165, 1.54) is 0 Å². The van der Waals surface area contributed by atoms with Crippen molar-refractivity contribution in [2.75, 3.05) is 0 Å². The van der Waals surface area contributed by atoms with Crippen LogP contribution in [0, 0.1) is 11.3 Å². The maximum absolute atomic E-state index is 12.3.